The van der Waals surface area contributed by atoms with E-state index in [0.717, 1.165) is 0 Å². The Labute approximate surface area is 68.4 Å². The SMILES string of the molecule is CC1C=Nc2nc(N)[nH]c(=O)c21. The van der Waals surface area contributed by atoms with E-state index in [4.69, 9.17) is 5.73 Å². The number of aromatic nitrogens is 2. The second kappa shape index (κ2) is 2.17. The summed E-state index contributed by atoms with van der Waals surface area (Å²) < 4.78 is 0. The molecule has 5 heteroatoms. The standard InChI is InChI=1S/C7H8N4O/c1-3-2-9-5-4(3)6(12)11-7(8)10-5/h2-3H,1H3,(H3,8,10,11,12). The number of rotatable bonds is 0. The van der Waals surface area contributed by atoms with Gasteiger partial charge in [0.05, 0.1) is 5.56 Å². The molecule has 2 rings (SSSR count). The van der Waals surface area contributed by atoms with Crippen molar-refractivity contribution in [1.29, 1.82) is 0 Å². The molecule has 0 saturated heterocycles. The number of nitrogens with one attached hydrogen (secondary N) is 1. The van der Waals surface area contributed by atoms with Crippen LogP contribution in [0.25, 0.3) is 0 Å². The van der Waals surface area contributed by atoms with Gasteiger partial charge in [0, 0.05) is 12.1 Å². The van der Waals surface area contributed by atoms with Crippen molar-refractivity contribution >= 4 is 18.0 Å². The maximum atomic E-state index is 11.3. The molecule has 3 N–H and O–H groups in total. The smallest absolute Gasteiger partial charge is 0.258 e. The summed E-state index contributed by atoms with van der Waals surface area (Å²) in [7, 11) is 0. The van der Waals surface area contributed by atoms with Crippen molar-refractivity contribution in [2.24, 2.45) is 4.99 Å². The van der Waals surface area contributed by atoms with E-state index in [1.165, 1.54) is 0 Å². The van der Waals surface area contributed by atoms with Crippen molar-refractivity contribution < 1.29 is 0 Å². The zero-order valence-corrected chi connectivity index (χ0v) is 6.53. The van der Waals surface area contributed by atoms with E-state index < -0.39 is 0 Å². The number of nitrogens with zero attached hydrogens (tertiary/aromatic N) is 2. The predicted octanol–water partition coefficient (Wildman–Crippen LogP) is 0.171. The van der Waals surface area contributed by atoms with Gasteiger partial charge in [-0.3, -0.25) is 9.78 Å². The van der Waals surface area contributed by atoms with Crippen LogP contribution in [0.2, 0.25) is 0 Å². The fourth-order valence-corrected chi connectivity index (χ4v) is 1.25. The summed E-state index contributed by atoms with van der Waals surface area (Å²) in [5.74, 6) is 0.602. The molecular weight excluding hydrogens is 156 g/mol. The van der Waals surface area contributed by atoms with E-state index in [2.05, 4.69) is 15.0 Å². The minimum Gasteiger partial charge on any atom is -0.369 e. The van der Waals surface area contributed by atoms with Crippen LogP contribution in [0, 0.1) is 0 Å². The van der Waals surface area contributed by atoms with Gasteiger partial charge in [-0.2, -0.15) is 4.98 Å². The highest BCUT2D eigenvalue weighted by molar-refractivity contribution is 5.78. The molecule has 1 aromatic heterocycles. The number of aliphatic imine (C=N–C) groups is 1. The third kappa shape index (κ3) is 0.827. The Morgan fingerprint density at radius 2 is 2.42 bits per heavy atom. The summed E-state index contributed by atoms with van der Waals surface area (Å²) in [4.78, 5) is 21.6. The molecule has 0 saturated carbocycles. The molecule has 1 aromatic rings. The summed E-state index contributed by atoms with van der Waals surface area (Å²) in [5.41, 5.74) is 5.75. The van der Waals surface area contributed by atoms with Crippen LogP contribution in [0.3, 0.4) is 0 Å². The van der Waals surface area contributed by atoms with Crippen molar-refractivity contribution in [3.63, 3.8) is 0 Å². The maximum absolute atomic E-state index is 11.3. The van der Waals surface area contributed by atoms with E-state index in [0.29, 0.717) is 11.4 Å². The van der Waals surface area contributed by atoms with Gasteiger partial charge in [0.15, 0.2) is 5.82 Å². The molecule has 0 radical (unpaired) electrons. The minimum atomic E-state index is -0.192. The second-order valence-corrected chi connectivity index (χ2v) is 2.76. The van der Waals surface area contributed by atoms with Gasteiger partial charge in [0.2, 0.25) is 5.95 Å². The van der Waals surface area contributed by atoms with Gasteiger partial charge in [-0.05, 0) is 0 Å². The van der Waals surface area contributed by atoms with Crippen molar-refractivity contribution in [3.05, 3.63) is 15.9 Å². The number of hydrogen-bond donors (Lipinski definition) is 2. The predicted molar refractivity (Wildman–Crippen MR) is 45.8 cm³/mol. The van der Waals surface area contributed by atoms with E-state index >= 15 is 0 Å². The Kier molecular flexibility index (Phi) is 1.27. The molecular formula is C7H8N4O. The van der Waals surface area contributed by atoms with Crippen LogP contribution in [0.1, 0.15) is 18.4 Å². The lowest BCUT2D eigenvalue weighted by molar-refractivity contribution is 0.996. The average molecular weight is 164 g/mol. The summed E-state index contributed by atoms with van der Waals surface area (Å²) in [6.07, 6.45) is 1.69. The Morgan fingerprint density at radius 1 is 1.67 bits per heavy atom. The fraction of sp³-hybridized carbons (Fsp3) is 0.286. The lowest BCUT2D eigenvalue weighted by Gasteiger charge is -1.99. The summed E-state index contributed by atoms with van der Waals surface area (Å²) in [6.45, 7) is 1.89. The minimum absolute atomic E-state index is 0.0387. The van der Waals surface area contributed by atoms with Crippen LogP contribution in [-0.2, 0) is 0 Å². The first-order valence-electron chi connectivity index (χ1n) is 3.62. The Balaban J connectivity index is 2.75. The largest absolute Gasteiger partial charge is 0.369 e. The third-order valence-electron chi connectivity index (χ3n) is 1.83. The Bertz CT molecular complexity index is 406. The third-order valence-corrected chi connectivity index (χ3v) is 1.83. The molecule has 0 spiro atoms. The molecule has 0 fully saturated rings. The topological polar surface area (TPSA) is 84.1 Å². The van der Waals surface area contributed by atoms with E-state index in [1.54, 1.807) is 6.21 Å². The number of aromatic amines is 1. The molecule has 0 aliphatic carbocycles. The van der Waals surface area contributed by atoms with Crippen molar-refractivity contribution in [2.75, 3.05) is 5.73 Å². The molecule has 1 aliphatic rings. The number of hydrogen-bond acceptors (Lipinski definition) is 4. The molecule has 0 aromatic carbocycles. The summed E-state index contributed by atoms with van der Waals surface area (Å²) >= 11 is 0. The van der Waals surface area contributed by atoms with Crippen LogP contribution in [0.4, 0.5) is 11.8 Å². The molecule has 5 nitrogen and oxygen atoms in total. The van der Waals surface area contributed by atoms with E-state index in [-0.39, 0.29) is 17.4 Å². The van der Waals surface area contributed by atoms with E-state index in [9.17, 15) is 4.79 Å². The number of nitrogen functional groups attached to an aromatic ring is 1. The van der Waals surface area contributed by atoms with Crippen LogP contribution >= 0.6 is 0 Å². The lowest BCUT2D eigenvalue weighted by atomic mass is 10.1. The molecule has 12 heavy (non-hydrogen) atoms. The molecule has 1 atom stereocenters. The van der Waals surface area contributed by atoms with Crippen LogP contribution < -0.4 is 11.3 Å². The normalized spacial score (nSPS) is 19.6. The quantitative estimate of drug-likeness (QED) is 0.573. The highest BCUT2D eigenvalue weighted by Crippen LogP contribution is 2.25. The molecule has 0 bridgehead atoms. The summed E-state index contributed by atoms with van der Waals surface area (Å²) in [5, 5.41) is 0. The highest BCUT2D eigenvalue weighted by Gasteiger charge is 2.19. The van der Waals surface area contributed by atoms with Crippen molar-refractivity contribution in [2.45, 2.75) is 12.8 Å². The maximum Gasteiger partial charge on any atom is 0.258 e. The number of nitrogens with two attached hydrogens (primary N) is 1. The molecule has 1 aliphatic heterocycles. The van der Waals surface area contributed by atoms with Gasteiger partial charge in [-0.15, -0.1) is 0 Å². The molecule has 62 valence electrons. The molecule has 2 heterocycles. The molecule has 0 amide bonds. The lowest BCUT2D eigenvalue weighted by Crippen LogP contribution is -2.16. The fourth-order valence-electron chi connectivity index (χ4n) is 1.25. The first-order chi connectivity index (χ1) is 5.68. The van der Waals surface area contributed by atoms with Gasteiger partial charge in [0.1, 0.15) is 0 Å². The highest BCUT2D eigenvalue weighted by atomic mass is 16.1. The van der Waals surface area contributed by atoms with Gasteiger partial charge in [-0.25, -0.2) is 4.99 Å². The monoisotopic (exact) mass is 164 g/mol. The number of H-pyrrole nitrogens is 1. The second-order valence-electron chi connectivity index (χ2n) is 2.76. The summed E-state index contributed by atoms with van der Waals surface area (Å²) in [6, 6.07) is 0. The Morgan fingerprint density at radius 3 is 3.17 bits per heavy atom. The average Bonchev–Trinajstić information content (AvgIpc) is 2.31. The van der Waals surface area contributed by atoms with Crippen LogP contribution in [0.5, 0.6) is 0 Å². The molecule has 1 unspecified atom stereocenters. The van der Waals surface area contributed by atoms with Crippen molar-refractivity contribution in [1.82, 2.24) is 9.97 Å². The van der Waals surface area contributed by atoms with Crippen molar-refractivity contribution in [3.8, 4) is 0 Å². The van der Waals surface area contributed by atoms with Crippen LogP contribution in [-0.4, -0.2) is 16.2 Å². The Hall–Kier alpha value is -1.65. The number of fused-ring (bicyclic) bond motifs is 1. The van der Waals surface area contributed by atoms with Crippen LogP contribution in [0.15, 0.2) is 9.79 Å². The van der Waals surface area contributed by atoms with E-state index in [1.807, 2.05) is 6.92 Å². The van der Waals surface area contributed by atoms with Gasteiger partial charge in [-0.1, -0.05) is 6.92 Å². The van der Waals surface area contributed by atoms with Gasteiger partial charge < -0.3 is 5.73 Å². The first-order valence-corrected chi connectivity index (χ1v) is 3.62. The first kappa shape index (κ1) is 7.02. The van der Waals surface area contributed by atoms with Gasteiger partial charge >= 0.3 is 0 Å². The zero-order valence-electron chi connectivity index (χ0n) is 6.53. The zero-order chi connectivity index (χ0) is 8.72. The number of anilines is 1. The van der Waals surface area contributed by atoms with Gasteiger partial charge in [0.25, 0.3) is 5.56 Å².